The molecule has 2 unspecified atom stereocenters. The van der Waals surface area contributed by atoms with Crippen molar-refractivity contribution in [3.8, 4) is 6.07 Å². The van der Waals surface area contributed by atoms with Crippen molar-refractivity contribution in [2.75, 3.05) is 13.1 Å². The molecule has 3 heteroatoms. The molecule has 0 N–H and O–H groups in total. The molecule has 4 fully saturated rings. The molecule has 0 spiro atoms. The van der Waals surface area contributed by atoms with E-state index >= 15 is 0 Å². The molecular formula is C18H28N2O. The van der Waals surface area contributed by atoms with Crippen LogP contribution in [-0.2, 0) is 4.79 Å². The number of hydrogen-bond donors (Lipinski definition) is 0. The smallest absolute Gasteiger partial charge is 0.228 e. The van der Waals surface area contributed by atoms with E-state index in [-0.39, 0.29) is 5.41 Å². The standard InChI is InChI=1S/C18H28N2O/c1-4-20(7-5-6-19)15(21)18-10-14-8-16(2,12-18)11-17(3,9-14)13-18/h14H,4-5,7-13H2,1-3H3. The van der Waals surface area contributed by atoms with Crippen LogP contribution in [0.4, 0.5) is 0 Å². The number of nitrogens with zero attached hydrogens (tertiary/aromatic N) is 2. The summed E-state index contributed by atoms with van der Waals surface area (Å²) in [6, 6.07) is 2.18. The summed E-state index contributed by atoms with van der Waals surface area (Å²) in [5.41, 5.74) is 0.630. The van der Waals surface area contributed by atoms with Gasteiger partial charge in [0.15, 0.2) is 0 Å². The van der Waals surface area contributed by atoms with Crippen molar-refractivity contribution in [1.82, 2.24) is 4.90 Å². The Morgan fingerprint density at radius 1 is 1.19 bits per heavy atom. The molecule has 0 aromatic rings. The molecule has 0 aromatic carbocycles. The summed E-state index contributed by atoms with van der Waals surface area (Å²) in [7, 11) is 0. The van der Waals surface area contributed by atoms with Crippen molar-refractivity contribution in [3.63, 3.8) is 0 Å². The first kappa shape index (κ1) is 14.9. The van der Waals surface area contributed by atoms with Crippen LogP contribution in [0.25, 0.3) is 0 Å². The summed E-state index contributed by atoms with van der Waals surface area (Å²) in [6.45, 7) is 8.19. The molecule has 0 saturated heterocycles. The molecule has 4 saturated carbocycles. The quantitative estimate of drug-likeness (QED) is 0.791. The van der Waals surface area contributed by atoms with E-state index < -0.39 is 0 Å². The molecule has 4 rings (SSSR count). The van der Waals surface area contributed by atoms with Crippen LogP contribution in [0.3, 0.4) is 0 Å². The van der Waals surface area contributed by atoms with E-state index in [1.54, 1.807) is 0 Å². The molecule has 0 aliphatic heterocycles. The van der Waals surface area contributed by atoms with E-state index in [1.165, 1.54) is 19.3 Å². The average molecular weight is 288 g/mol. The number of hydrogen-bond acceptors (Lipinski definition) is 2. The number of carbonyl (C=O) groups excluding carboxylic acids is 1. The van der Waals surface area contributed by atoms with Gasteiger partial charge in [-0.15, -0.1) is 0 Å². The molecular weight excluding hydrogens is 260 g/mol. The second kappa shape index (κ2) is 4.73. The zero-order valence-corrected chi connectivity index (χ0v) is 13.7. The van der Waals surface area contributed by atoms with Gasteiger partial charge in [-0.05, 0) is 62.2 Å². The van der Waals surface area contributed by atoms with Gasteiger partial charge in [-0.25, -0.2) is 0 Å². The normalized spacial score (nSPS) is 43.6. The fraction of sp³-hybridized carbons (Fsp3) is 0.889. The molecule has 4 aliphatic rings. The number of nitriles is 1. The van der Waals surface area contributed by atoms with E-state index in [1.807, 2.05) is 11.8 Å². The van der Waals surface area contributed by atoms with Crippen molar-refractivity contribution in [2.24, 2.45) is 22.2 Å². The molecule has 21 heavy (non-hydrogen) atoms. The van der Waals surface area contributed by atoms with Gasteiger partial charge >= 0.3 is 0 Å². The highest BCUT2D eigenvalue weighted by molar-refractivity contribution is 5.83. The lowest BCUT2D eigenvalue weighted by Gasteiger charge is -2.65. The van der Waals surface area contributed by atoms with Crippen LogP contribution in [0, 0.1) is 33.5 Å². The molecule has 116 valence electrons. The zero-order chi connectivity index (χ0) is 15.3. The Kier molecular flexibility index (Phi) is 3.35. The Morgan fingerprint density at radius 2 is 1.81 bits per heavy atom. The Morgan fingerprint density at radius 3 is 2.29 bits per heavy atom. The monoisotopic (exact) mass is 288 g/mol. The maximum absolute atomic E-state index is 13.2. The molecule has 0 heterocycles. The van der Waals surface area contributed by atoms with Gasteiger partial charge in [0.05, 0.1) is 17.9 Å². The fourth-order valence-electron chi connectivity index (χ4n) is 6.61. The predicted octanol–water partition coefficient (Wildman–Crippen LogP) is 3.75. The molecule has 4 bridgehead atoms. The third-order valence-corrected chi connectivity index (χ3v) is 6.24. The lowest BCUT2D eigenvalue weighted by atomic mass is 9.40. The fourth-order valence-corrected chi connectivity index (χ4v) is 6.61. The zero-order valence-electron chi connectivity index (χ0n) is 13.7. The van der Waals surface area contributed by atoms with Crippen LogP contribution in [0.5, 0.6) is 0 Å². The van der Waals surface area contributed by atoms with Gasteiger partial charge in [-0.1, -0.05) is 13.8 Å². The molecule has 3 nitrogen and oxygen atoms in total. The summed E-state index contributed by atoms with van der Waals surface area (Å²) in [5, 5.41) is 8.82. The van der Waals surface area contributed by atoms with Crippen molar-refractivity contribution >= 4 is 5.91 Å². The second-order valence-corrected chi connectivity index (χ2v) is 8.70. The van der Waals surface area contributed by atoms with E-state index in [4.69, 9.17) is 5.26 Å². The van der Waals surface area contributed by atoms with E-state index in [0.29, 0.717) is 29.7 Å². The minimum atomic E-state index is -0.117. The topological polar surface area (TPSA) is 44.1 Å². The number of rotatable bonds is 4. The van der Waals surface area contributed by atoms with Gasteiger partial charge < -0.3 is 4.90 Å². The lowest BCUT2D eigenvalue weighted by Crippen LogP contribution is -2.60. The average Bonchev–Trinajstić information content (AvgIpc) is 2.35. The van der Waals surface area contributed by atoms with Crippen molar-refractivity contribution in [1.29, 1.82) is 5.26 Å². The second-order valence-electron chi connectivity index (χ2n) is 8.70. The molecule has 0 aromatic heterocycles. The van der Waals surface area contributed by atoms with Gasteiger partial charge in [0.1, 0.15) is 0 Å². The molecule has 1 amide bonds. The predicted molar refractivity (Wildman–Crippen MR) is 82.3 cm³/mol. The summed E-state index contributed by atoms with van der Waals surface area (Å²) in [5.74, 6) is 1.09. The Balaban J connectivity index is 1.87. The van der Waals surface area contributed by atoms with Crippen LogP contribution in [-0.4, -0.2) is 23.9 Å². The van der Waals surface area contributed by atoms with Crippen molar-refractivity contribution < 1.29 is 4.79 Å². The summed E-state index contributed by atoms with van der Waals surface area (Å²) >= 11 is 0. The maximum atomic E-state index is 13.2. The first-order valence-corrected chi connectivity index (χ1v) is 8.50. The highest BCUT2D eigenvalue weighted by atomic mass is 16.2. The van der Waals surface area contributed by atoms with Crippen LogP contribution in [0.1, 0.15) is 65.7 Å². The lowest BCUT2D eigenvalue weighted by molar-refractivity contribution is -0.179. The summed E-state index contributed by atoms with van der Waals surface area (Å²) in [6.07, 6.45) is 7.65. The Labute approximate surface area is 128 Å². The number of carbonyl (C=O) groups is 1. The van der Waals surface area contributed by atoms with E-state index in [0.717, 1.165) is 31.7 Å². The van der Waals surface area contributed by atoms with Crippen molar-refractivity contribution in [3.05, 3.63) is 0 Å². The number of amides is 1. The summed E-state index contributed by atoms with van der Waals surface area (Å²) in [4.78, 5) is 15.2. The Bertz CT molecular complexity index is 474. The van der Waals surface area contributed by atoms with Gasteiger partial charge in [0.25, 0.3) is 0 Å². The van der Waals surface area contributed by atoms with Crippen LogP contribution in [0.2, 0.25) is 0 Å². The maximum Gasteiger partial charge on any atom is 0.228 e. The molecule has 2 atom stereocenters. The summed E-state index contributed by atoms with van der Waals surface area (Å²) < 4.78 is 0. The first-order valence-electron chi connectivity index (χ1n) is 8.50. The molecule has 0 radical (unpaired) electrons. The van der Waals surface area contributed by atoms with Crippen LogP contribution in [0.15, 0.2) is 0 Å². The first-order chi connectivity index (χ1) is 9.84. The highest BCUT2D eigenvalue weighted by Gasteiger charge is 2.63. The van der Waals surface area contributed by atoms with Crippen LogP contribution >= 0.6 is 0 Å². The van der Waals surface area contributed by atoms with Crippen LogP contribution < -0.4 is 0 Å². The Hall–Kier alpha value is -1.04. The third kappa shape index (κ3) is 2.37. The minimum Gasteiger partial charge on any atom is -0.341 e. The van der Waals surface area contributed by atoms with Gasteiger partial charge in [-0.3, -0.25) is 4.79 Å². The molecule has 4 aliphatic carbocycles. The SMILES string of the molecule is CCN(CCC#N)C(=O)C12CC3CC(C)(CC(C)(C3)C1)C2. The minimum absolute atomic E-state index is 0.117. The highest BCUT2D eigenvalue weighted by Crippen LogP contribution is 2.69. The van der Waals surface area contributed by atoms with E-state index in [9.17, 15) is 4.79 Å². The van der Waals surface area contributed by atoms with E-state index in [2.05, 4.69) is 19.9 Å². The van der Waals surface area contributed by atoms with Gasteiger partial charge in [-0.2, -0.15) is 5.26 Å². The van der Waals surface area contributed by atoms with Gasteiger partial charge in [0, 0.05) is 13.1 Å². The third-order valence-electron chi connectivity index (χ3n) is 6.24. The van der Waals surface area contributed by atoms with Gasteiger partial charge in [0.2, 0.25) is 5.91 Å². The van der Waals surface area contributed by atoms with Crippen molar-refractivity contribution in [2.45, 2.75) is 65.7 Å². The largest absolute Gasteiger partial charge is 0.341 e.